The average molecular weight is 428 g/mol. The van der Waals surface area contributed by atoms with E-state index in [9.17, 15) is 18.0 Å². The number of carbonyl (C=O) groups excluding carboxylic acids is 2. The van der Waals surface area contributed by atoms with Gasteiger partial charge in [-0.2, -0.15) is 0 Å². The van der Waals surface area contributed by atoms with Crippen molar-refractivity contribution in [3.05, 3.63) is 70.7 Å². The number of hydrogen-bond donors (Lipinski definition) is 0. The zero-order valence-corrected chi connectivity index (χ0v) is 17.3. The lowest BCUT2D eigenvalue weighted by Crippen LogP contribution is -2.29. The minimum absolute atomic E-state index is 0.00516. The molecule has 2 aromatic carbocycles. The molecule has 0 saturated heterocycles. The van der Waals surface area contributed by atoms with Crippen LogP contribution in [0.25, 0.3) is 0 Å². The first-order valence-electron chi connectivity index (χ1n) is 8.77. The van der Waals surface area contributed by atoms with Crippen LogP contribution in [-0.4, -0.2) is 29.5 Å². The Labute approximate surface area is 172 Å². The lowest BCUT2D eigenvalue weighted by molar-refractivity contribution is -0.115. The molecule has 0 aliphatic carbocycles. The summed E-state index contributed by atoms with van der Waals surface area (Å²) >= 11 is 1.22. The van der Waals surface area contributed by atoms with Gasteiger partial charge in [0.25, 0.3) is 15.9 Å². The zero-order chi connectivity index (χ0) is 20.8. The van der Waals surface area contributed by atoms with Gasteiger partial charge in [-0.1, -0.05) is 24.3 Å². The van der Waals surface area contributed by atoms with Crippen molar-refractivity contribution in [1.82, 2.24) is 9.29 Å². The Morgan fingerprint density at radius 2 is 1.93 bits per heavy atom. The highest BCUT2D eigenvalue weighted by molar-refractivity contribution is 7.90. The summed E-state index contributed by atoms with van der Waals surface area (Å²) in [7, 11) is -3.91. The van der Waals surface area contributed by atoms with Crippen LogP contribution in [0.3, 0.4) is 0 Å². The lowest BCUT2D eigenvalue weighted by Gasteiger charge is -2.18. The number of carbonyl (C=O) groups is 2. The third-order valence-electron chi connectivity index (χ3n) is 4.52. The molecule has 3 aromatic rings. The average Bonchev–Trinajstić information content (AvgIpc) is 3.20. The first-order chi connectivity index (χ1) is 13.8. The summed E-state index contributed by atoms with van der Waals surface area (Å²) in [6.45, 7) is 3.18. The molecule has 0 radical (unpaired) electrons. The van der Waals surface area contributed by atoms with Crippen molar-refractivity contribution in [2.45, 2.75) is 25.3 Å². The van der Waals surface area contributed by atoms with Gasteiger partial charge < -0.3 is 0 Å². The normalized spacial score (nSPS) is 14.7. The second kappa shape index (κ2) is 7.09. The molecule has 148 valence electrons. The standard InChI is InChI=1S/C20H17N3O4S2/c1-13-6-5-7-16(10-13)23(14(2)24)20-21-15(12-28-20)11-22-19(25)17-8-3-4-9-18(17)29(22,26)27/h3-10,12H,11H2,1-2H3. The van der Waals surface area contributed by atoms with Crippen molar-refractivity contribution < 1.29 is 18.0 Å². The smallest absolute Gasteiger partial charge is 0.269 e. The van der Waals surface area contributed by atoms with Crippen LogP contribution in [0.4, 0.5) is 10.8 Å². The highest BCUT2D eigenvalue weighted by Crippen LogP contribution is 2.33. The van der Waals surface area contributed by atoms with E-state index in [1.165, 1.54) is 35.3 Å². The summed E-state index contributed by atoms with van der Waals surface area (Å²) in [5.74, 6) is -0.786. The van der Waals surface area contributed by atoms with E-state index in [0.717, 1.165) is 9.87 Å². The van der Waals surface area contributed by atoms with Gasteiger partial charge in [-0.05, 0) is 36.8 Å². The van der Waals surface area contributed by atoms with Crippen LogP contribution in [0.5, 0.6) is 0 Å². The van der Waals surface area contributed by atoms with Crippen molar-refractivity contribution >= 4 is 44.0 Å². The van der Waals surface area contributed by atoms with Crippen LogP contribution in [0, 0.1) is 6.92 Å². The molecule has 0 bridgehead atoms. The number of anilines is 2. The van der Waals surface area contributed by atoms with Crippen molar-refractivity contribution in [3.63, 3.8) is 0 Å². The number of thiazole rings is 1. The molecule has 1 aliphatic rings. The molecule has 9 heteroatoms. The van der Waals surface area contributed by atoms with Crippen molar-refractivity contribution in [2.75, 3.05) is 4.90 Å². The second-order valence-electron chi connectivity index (χ2n) is 6.63. The molecule has 4 rings (SSSR count). The van der Waals surface area contributed by atoms with Crippen LogP contribution in [0.15, 0.2) is 58.8 Å². The predicted molar refractivity (Wildman–Crippen MR) is 110 cm³/mol. The van der Waals surface area contributed by atoms with E-state index in [2.05, 4.69) is 4.98 Å². The van der Waals surface area contributed by atoms with Gasteiger partial charge in [-0.25, -0.2) is 17.7 Å². The number of aromatic nitrogens is 1. The number of aryl methyl sites for hydroxylation is 1. The van der Waals surface area contributed by atoms with Gasteiger partial charge in [0.15, 0.2) is 5.13 Å². The van der Waals surface area contributed by atoms with Crippen LogP contribution >= 0.6 is 11.3 Å². The van der Waals surface area contributed by atoms with E-state index in [-0.39, 0.29) is 22.9 Å². The maximum atomic E-state index is 12.7. The zero-order valence-electron chi connectivity index (χ0n) is 15.7. The Balaban J connectivity index is 1.65. The fourth-order valence-corrected chi connectivity index (χ4v) is 5.62. The van der Waals surface area contributed by atoms with Crippen LogP contribution in [-0.2, 0) is 21.4 Å². The Morgan fingerprint density at radius 3 is 2.62 bits per heavy atom. The van der Waals surface area contributed by atoms with E-state index in [1.807, 2.05) is 25.1 Å². The Kier molecular flexibility index (Phi) is 4.71. The molecular formula is C20H17N3O4S2. The Bertz CT molecular complexity index is 1230. The first kappa shape index (κ1) is 19.3. The fourth-order valence-electron chi connectivity index (χ4n) is 3.20. The molecule has 0 N–H and O–H groups in total. The van der Waals surface area contributed by atoms with E-state index in [1.54, 1.807) is 23.6 Å². The van der Waals surface area contributed by atoms with Gasteiger partial charge in [-0.3, -0.25) is 14.5 Å². The molecule has 0 unspecified atom stereocenters. The van der Waals surface area contributed by atoms with E-state index >= 15 is 0 Å². The first-order valence-corrected chi connectivity index (χ1v) is 11.1. The molecule has 0 saturated carbocycles. The summed E-state index contributed by atoms with van der Waals surface area (Å²) < 4.78 is 26.3. The quantitative estimate of drug-likeness (QED) is 0.636. The van der Waals surface area contributed by atoms with Gasteiger partial charge in [-0.15, -0.1) is 11.3 Å². The Hall–Kier alpha value is -3.04. The number of rotatable bonds is 4. The number of hydrogen-bond acceptors (Lipinski definition) is 6. The summed E-state index contributed by atoms with van der Waals surface area (Å²) in [4.78, 5) is 30.7. The third kappa shape index (κ3) is 3.32. The molecule has 7 nitrogen and oxygen atoms in total. The molecule has 0 spiro atoms. The van der Waals surface area contributed by atoms with Crippen LogP contribution < -0.4 is 4.90 Å². The summed E-state index contributed by atoms with van der Waals surface area (Å²) in [6, 6.07) is 13.6. The molecule has 0 fully saturated rings. The molecule has 29 heavy (non-hydrogen) atoms. The van der Waals surface area contributed by atoms with Crippen molar-refractivity contribution in [1.29, 1.82) is 0 Å². The number of fused-ring (bicyclic) bond motifs is 1. The van der Waals surface area contributed by atoms with E-state index in [4.69, 9.17) is 0 Å². The summed E-state index contributed by atoms with van der Waals surface area (Å²) in [5, 5.41) is 2.08. The van der Waals surface area contributed by atoms with Gasteiger partial charge >= 0.3 is 0 Å². The third-order valence-corrected chi connectivity index (χ3v) is 7.18. The molecule has 2 amide bonds. The van der Waals surface area contributed by atoms with Gasteiger partial charge in [0, 0.05) is 12.3 Å². The number of benzene rings is 2. The SMILES string of the molecule is CC(=O)N(c1cccc(C)c1)c1nc(CN2C(=O)c3ccccc3S2(=O)=O)cs1. The number of amides is 2. The highest BCUT2D eigenvalue weighted by Gasteiger charge is 2.41. The number of nitrogens with zero attached hydrogens (tertiary/aromatic N) is 3. The highest BCUT2D eigenvalue weighted by atomic mass is 32.2. The molecular weight excluding hydrogens is 410 g/mol. The summed E-state index contributed by atoms with van der Waals surface area (Å²) in [6.07, 6.45) is 0. The van der Waals surface area contributed by atoms with Gasteiger partial charge in [0.1, 0.15) is 4.90 Å². The molecule has 0 atom stereocenters. The van der Waals surface area contributed by atoms with E-state index < -0.39 is 15.9 Å². The van der Waals surface area contributed by atoms with Crippen molar-refractivity contribution in [3.8, 4) is 0 Å². The van der Waals surface area contributed by atoms with Crippen LogP contribution in [0.1, 0.15) is 28.5 Å². The largest absolute Gasteiger partial charge is 0.274 e. The molecule has 2 heterocycles. The van der Waals surface area contributed by atoms with Crippen LogP contribution in [0.2, 0.25) is 0 Å². The van der Waals surface area contributed by atoms with E-state index in [0.29, 0.717) is 16.5 Å². The molecule has 1 aromatic heterocycles. The van der Waals surface area contributed by atoms with Gasteiger partial charge in [0.2, 0.25) is 5.91 Å². The monoisotopic (exact) mass is 427 g/mol. The fraction of sp³-hybridized carbons (Fsp3) is 0.150. The van der Waals surface area contributed by atoms with Crippen molar-refractivity contribution in [2.24, 2.45) is 0 Å². The topological polar surface area (TPSA) is 87.7 Å². The predicted octanol–water partition coefficient (Wildman–Crippen LogP) is 3.48. The number of sulfonamides is 1. The summed E-state index contributed by atoms with van der Waals surface area (Å²) in [5.41, 5.74) is 2.23. The Morgan fingerprint density at radius 1 is 1.17 bits per heavy atom. The lowest BCUT2D eigenvalue weighted by atomic mass is 10.2. The maximum absolute atomic E-state index is 12.7. The molecule has 1 aliphatic heterocycles. The minimum atomic E-state index is -3.91. The minimum Gasteiger partial charge on any atom is -0.274 e. The maximum Gasteiger partial charge on any atom is 0.269 e. The van der Waals surface area contributed by atoms with Gasteiger partial charge in [0.05, 0.1) is 23.5 Å². The second-order valence-corrected chi connectivity index (χ2v) is 9.30.